The summed E-state index contributed by atoms with van der Waals surface area (Å²) in [6.45, 7) is 0. The Morgan fingerprint density at radius 1 is 0.950 bits per heavy atom. The van der Waals surface area contributed by atoms with Gasteiger partial charge in [0.05, 0.1) is 11.6 Å². The molecule has 0 aromatic heterocycles. The lowest BCUT2D eigenvalue weighted by atomic mass is 10.1. The molecule has 0 aliphatic rings. The summed E-state index contributed by atoms with van der Waals surface area (Å²) < 4.78 is 13.4. The quantitative estimate of drug-likeness (QED) is 0.733. The second-order valence-electron chi connectivity index (χ2n) is 4.49. The van der Waals surface area contributed by atoms with Crippen LogP contribution < -0.4 is 5.32 Å². The molecule has 0 radical (unpaired) electrons. The van der Waals surface area contributed by atoms with Gasteiger partial charge in [0.2, 0.25) is 0 Å². The number of fused-ring (bicyclic) bond motifs is 1. The molecule has 2 nitrogen and oxygen atoms in total. The monoisotopic (exact) mass is 262 g/mol. The summed E-state index contributed by atoms with van der Waals surface area (Å²) in [5.41, 5.74) is 1.75. The molecule has 96 valence electrons. The predicted molar refractivity (Wildman–Crippen MR) is 78.3 cm³/mol. The Bertz CT molecular complexity index is 813. The zero-order valence-electron chi connectivity index (χ0n) is 10.6. The van der Waals surface area contributed by atoms with Gasteiger partial charge in [0.15, 0.2) is 0 Å². The van der Waals surface area contributed by atoms with Crippen LogP contribution in [0, 0.1) is 17.1 Å². The van der Waals surface area contributed by atoms with Gasteiger partial charge >= 0.3 is 0 Å². The van der Waals surface area contributed by atoms with Crippen molar-refractivity contribution in [3.8, 4) is 6.07 Å². The molecule has 3 aromatic carbocycles. The molecule has 0 unspecified atom stereocenters. The van der Waals surface area contributed by atoms with E-state index in [2.05, 4.69) is 5.32 Å². The highest BCUT2D eigenvalue weighted by Crippen LogP contribution is 2.27. The minimum absolute atomic E-state index is 0.299. The average Bonchev–Trinajstić information content (AvgIpc) is 2.47. The zero-order chi connectivity index (χ0) is 13.9. The van der Waals surface area contributed by atoms with E-state index in [1.54, 1.807) is 6.07 Å². The Labute approximate surface area is 116 Å². The summed E-state index contributed by atoms with van der Waals surface area (Å²) in [4.78, 5) is 0. The van der Waals surface area contributed by atoms with Crippen molar-refractivity contribution in [2.24, 2.45) is 0 Å². The number of hydrogen-bond donors (Lipinski definition) is 1. The summed E-state index contributed by atoms with van der Waals surface area (Å²) in [5.74, 6) is -0.424. The number of benzene rings is 3. The molecule has 1 N–H and O–H groups in total. The fourth-order valence-electron chi connectivity index (χ4n) is 2.22. The molecule has 3 aromatic rings. The molecule has 0 amide bonds. The van der Waals surface area contributed by atoms with Crippen LogP contribution in [-0.2, 0) is 0 Å². The van der Waals surface area contributed by atoms with E-state index in [0.717, 1.165) is 16.5 Å². The number of halogens is 1. The minimum atomic E-state index is -0.424. The highest BCUT2D eigenvalue weighted by molar-refractivity contribution is 5.95. The molecule has 0 fully saturated rings. The molecule has 0 saturated carbocycles. The molecule has 0 atom stereocenters. The number of nitrogens with one attached hydrogen (secondary N) is 1. The molecule has 3 heteroatoms. The van der Waals surface area contributed by atoms with E-state index < -0.39 is 5.82 Å². The summed E-state index contributed by atoms with van der Waals surface area (Å²) in [6, 6.07) is 20.0. The smallest absolute Gasteiger partial charge is 0.126 e. The Kier molecular flexibility index (Phi) is 3.06. The van der Waals surface area contributed by atoms with Crippen molar-refractivity contribution in [1.82, 2.24) is 0 Å². The van der Waals surface area contributed by atoms with Crippen LogP contribution in [0.15, 0.2) is 60.7 Å². The molecule has 0 aliphatic carbocycles. The van der Waals surface area contributed by atoms with Gasteiger partial charge in [0, 0.05) is 16.8 Å². The lowest BCUT2D eigenvalue weighted by molar-refractivity contribution is 0.628. The Morgan fingerprint density at radius 3 is 2.60 bits per heavy atom. The summed E-state index contributed by atoms with van der Waals surface area (Å²) in [7, 11) is 0. The van der Waals surface area contributed by atoms with E-state index in [1.807, 2.05) is 48.5 Å². The van der Waals surface area contributed by atoms with Gasteiger partial charge in [0.25, 0.3) is 0 Å². The number of hydrogen-bond acceptors (Lipinski definition) is 2. The standard InChI is InChI=1S/C17H11FN2/c18-14-8-12(11-19)9-15(10-14)20-17-7-3-5-13-4-1-2-6-16(13)17/h1-10,20H. The molecule has 20 heavy (non-hydrogen) atoms. The predicted octanol–water partition coefficient (Wildman–Crippen LogP) is 4.59. The topological polar surface area (TPSA) is 35.8 Å². The molecular formula is C17H11FN2. The number of anilines is 2. The molecule has 0 saturated heterocycles. The highest BCUT2D eigenvalue weighted by atomic mass is 19.1. The van der Waals surface area contributed by atoms with Crippen molar-refractivity contribution < 1.29 is 4.39 Å². The van der Waals surface area contributed by atoms with Gasteiger partial charge in [-0.25, -0.2) is 4.39 Å². The summed E-state index contributed by atoms with van der Waals surface area (Å²) in [5, 5.41) is 14.2. The van der Waals surface area contributed by atoms with Crippen LogP contribution in [0.1, 0.15) is 5.56 Å². The molecule has 3 rings (SSSR count). The number of nitrogens with zero attached hydrogens (tertiary/aromatic N) is 1. The molecular weight excluding hydrogens is 251 g/mol. The first-order valence-electron chi connectivity index (χ1n) is 6.22. The number of rotatable bonds is 2. The van der Waals surface area contributed by atoms with Crippen molar-refractivity contribution in [1.29, 1.82) is 5.26 Å². The van der Waals surface area contributed by atoms with Crippen LogP contribution in [0.2, 0.25) is 0 Å². The molecule has 0 heterocycles. The fourth-order valence-corrected chi connectivity index (χ4v) is 2.22. The zero-order valence-corrected chi connectivity index (χ0v) is 10.6. The lowest BCUT2D eigenvalue weighted by Gasteiger charge is -2.10. The molecule has 0 bridgehead atoms. The van der Waals surface area contributed by atoms with Gasteiger partial charge in [-0.05, 0) is 29.7 Å². The number of nitriles is 1. The van der Waals surface area contributed by atoms with Gasteiger partial charge < -0.3 is 5.32 Å². The Morgan fingerprint density at radius 2 is 1.75 bits per heavy atom. The molecule has 0 spiro atoms. The second-order valence-corrected chi connectivity index (χ2v) is 4.49. The van der Waals surface area contributed by atoms with Crippen LogP contribution in [0.3, 0.4) is 0 Å². The largest absolute Gasteiger partial charge is 0.355 e. The van der Waals surface area contributed by atoms with E-state index in [-0.39, 0.29) is 0 Å². The third kappa shape index (κ3) is 2.32. The van der Waals surface area contributed by atoms with E-state index in [9.17, 15) is 4.39 Å². The first-order valence-corrected chi connectivity index (χ1v) is 6.22. The summed E-state index contributed by atoms with van der Waals surface area (Å²) in [6.07, 6.45) is 0. The van der Waals surface area contributed by atoms with Crippen molar-refractivity contribution in [3.63, 3.8) is 0 Å². The highest BCUT2D eigenvalue weighted by Gasteiger charge is 2.03. The minimum Gasteiger partial charge on any atom is -0.355 e. The van der Waals surface area contributed by atoms with E-state index in [1.165, 1.54) is 12.1 Å². The van der Waals surface area contributed by atoms with Gasteiger partial charge in [-0.2, -0.15) is 5.26 Å². The maximum atomic E-state index is 13.4. The van der Waals surface area contributed by atoms with Gasteiger partial charge in [-0.1, -0.05) is 36.4 Å². The first kappa shape index (κ1) is 12.2. The van der Waals surface area contributed by atoms with Gasteiger partial charge in [-0.15, -0.1) is 0 Å². The Hall–Kier alpha value is -2.86. The van der Waals surface area contributed by atoms with E-state index >= 15 is 0 Å². The van der Waals surface area contributed by atoms with E-state index in [0.29, 0.717) is 11.3 Å². The van der Waals surface area contributed by atoms with E-state index in [4.69, 9.17) is 5.26 Å². The normalized spacial score (nSPS) is 10.2. The second kappa shape index (κ2) is 5.02. The maximum absolute atomic E-state index is 13.4. The SMILES string of the molecule is N#Cc1cc(F)cc(Nc2cccc3ccccc23)c1. The third-order valence-electron chi connectivity index (χ3n) is 3.10. The first-order chi connectivity index (χ1) is 9.76. The third-order valence-corrected chi connectivity index (χ3v) is 3.10. The van der Waals surface area contributed by atoms with Crippen LogP contribution in [0.5, 0.6) is 0 Å². The van der Waals surface area contributed by atoms with Crippen LogP contribution in [0.4, 0.5) is 15.8 Å². The molecule has 0 aliphatic heterocycles. The van der Waals surface area contributed by atoms with Crippen LogP contribution in [-0.4, -0.2) is 0 Å². The average molecular weight is 262 g/mol. The van der Waals surface area contributed by atoms with Gasteiger partial charge in [-0.3, -0.25) is 0 Å². The van der Waals surface area contributed by atoms with Crippen LogP contribution >= 0.6 is 0 Å². The van der Waals surface area contributed by atoms with Crippen molar-refractivity contribution in [3.05, 3.63) is 72.0 Å². The summed E-state index contributed by atoms with van der Waals surface area (Å²) >= 11 is 0. The van der Waals surface area contributed by atoms with Crippen LogP contribution in [0.25, 0.3) is 10.8 Å². The lowest BCUT2D eigenvalue weighted by Crippen LogP contribution is -1.93. The Balaban J connectivity index is 2.06. The van der Waals surface area contributed by atoms with Gasteiger partial charge in [0.1, 0.15) is 5.82 Å². The van der Waals surface area contributed by atoms with Crippen molar-refractivity contribution in [2.75, 3.05) is 5.32 Å². The van der Waals surface area contributed by atoms with Crippen molar-refractivity contribution in [2.45, 2.75) is 0 Å². The maximum Gasteiger partial charge on any atom is 0.126 e. The fraction of sp³-hybridized carbons (Fsp3) is 0. The van der Waals surface area contributed by atoms with Crippen molar-refractivity contribution >= 4 is 22.1 Å².